The summed E-state index contributed by atoms with van der Waals surface area (Å²) in [4.78, 5) is 0. The van der Waals surface area contributed by atoms with E-state index in [-0.39, 0.29) is 11.7 Å². The molecule has 1 aromatic rings. The minimum Gasteiger partial charge on any atom is -0.508 e. The van der Waals surface area contributed by atoms with Crippen LogP contribution in [0.15, 0.2) is 12.1 Å². The van der Waals surface area contributed by atoms with E-state index < -0.39 is 6.67 Å². The first-order chi connectivity index (χ1) is 6.06. The fourth-order valence-corrected chi connectivity index (χ4v) is 1.54. The zero-order chi connectivity index (χ0) is 10.0. The Bertz CT molecular complexity index is 312. The van der Waals surface area contributed by atoms with Gasteiger partial charge in [0, 0.05) is 10.9 Å². The van der Waals surface area contributed by atoms with E-state index in [0.717, 1.165) is 0 Å². The van der Waals surface area contributed by atoms with Gasteiger partial charge in [0.05, 0.1) is 6.67 Å². The van der Waals surface area contributed by atoms with Crippen LogP contribution in [-0.2, 0) is 0 Å². The Morgan fingerprint density at radius 3 is 2.69 bits per heavy atom. The Kier molecular flexibility index (Phi) is 3.15. The zero-order valence-corrected chi connectivity index (χ0v) is 8.40. The maximum absolute atomic E-state index is 12.3. The van der Waals surface area contributed by atoms with Gasteiger partial charge in [-0.05, 0) is 30.2 Å². The molecular formula is C10H12ClFO. The average molecular weight is 203 g/mol. The SMILES string of the molecule is Cc1cc(Cl)c(C(C)CF)cc1O. The number of phenols is 1. The average Bonchev–Trinajstić information content (AvgIpc) is 2.10. The lowest BCUT2D eigenvalue weighted by atomic mass is 10.0. The van der Waals surface area contributed by atoms with Crippen molar-refractivity contribution < 1.29 is 9.50 Å². The van der Waals surface area contributed by atoms with Gasteiger partial charge >= 0.3 is 0 Å². The molecule has 72 valence electrons. The number of aryl methyl sites for hydroxylation is 1. The third kappa shape index (κ3) is 2.13. The molecule has 1 nitrogen and oxygen atoms in total. The molecule has 1 rings (SSSR count). The van der Waals surface area contributed by atoms with Gasteiger partial charge in [-0.2, -0.15) is 0 Å². The normalized spacial score (nSPS) is 12.9. The zero-order valence-electron chi connectivity index (χ0n) is 7.64. The highest BCUT2D eigenvalue weighted by Gasteiger charge is 2.11. The second-order valence-corrected chi connectivity index (χ2v) is 3.62. The van der Waals surface area contributed by atoms with Crippen molar-refractivity contribution in [2.75, 3.05) is 6.67 Å². The van der Waals surface area contributed by atoms with Crippen LogP contribution in [0.2, 0.25) is 5.02 Å². The number of rotatable bonds is 2. The first-order valence-corrected chi connectivity index (χ1v) is 4.49. The molecule has 3 heteroatoms. The van der Waals surface area contributed by atoms with Crippen LogP contribution in [0.4, 0.5) is 4.39 Å². The monoisotopic (exact) mass is 202 g/mol. The van der Waals surface area contributed by atoms with Gasteiger partial charge in [0.15, 0.2) is 0 Å². The molecule has 0 saturated carbocycles. The van der Waals surface area contributed by atoms with Gasteiger partial charge in [-0.25, -0.2) is 0 Å². The molecule has 13 heavy (non-hydrogen) atoms. The first kappa shape index (κ1) is 10.3. The second-order valence-electron chi connectivity index (χ2n) is 3.22. The molecular weight excluding hydrogens is 191 g/mol. The Hall–Kier alpha value is -0.760. The van der Waals surface area contributed by atoms with Crippen molar-refractivity contribution >= 4 is 11.6 Å². The van der Waals surface area contributed by atoms with Gasteiger partial charge in [-0.3, -0.25) is 4.39 Å². The van der Waals surface area contributed by atoms with Gasteiger partial charge in [0.1, 0.15) is 5.75 Å². The smallest absolute Gasteiger partial charge is 0.118 e. The molecule has 0 spiro atoms. The number of phenolic OH excluding ortho intramolecular Hbond substituents is 1. The van der Waals surface area contributed by atoms with Gasteiger partial charge < -0.3 is 5.11 Å². The molecule has 1 atom stereocenters. The molecule has 0 heterocycles. The van der Waals surface area contributed by atoms with Crippen molar-refractivity contribution in [1.82, 2.24) is 0 Å². The molecule has 0 aromatic heterocycles. The van der Waals surface area contributed by atoms with Crippen molar-refractivity contribution in [2.24, 2.45) is 0 Å². The molecule has 1 aromatic carbocycles. The number of hydrogen-bond acceptors (Lipinski definition) is 1. The summed E-state index contributed by atoms with van der Waals surface area (Å²) < 4.78 is 12.3. The summed E-state index contributed by atoms with van der Waals surface area (Å²) in [7, 11) is 0. The lowest BCUT2D eigenvalue weighted by Gasteiger charge is -2.11. The van der Waals surface area contributed by atoms with Gasteiger partial charge in [0.2, 0.25) is 0 Å². The van der Waals surface area contributed by atoms with Crippen molar-refractivity contribution in [1.29, 1.82) is 0 Å². The summed E-state index contributed by atoms with van der Waals surface area (Å²) in [5.41, 5.74) is 1.37. The number of benzene rings is 1. The fraction of sp³-hybridized carbons (Fsp3) is 0.400. The Morgan fingerprint density at radius 1 is 1.54 bits per heavy atom. The molecule has 0 aliphatic heterocycles. The van der Waals surface area contributed by atoms with E-state index in [0.29, 0.717) is 16.1 Å². The number of hydrogen-bond donors (Lipinski definition) is 1. The van der Waals surface area contributed by atoms with E-state index in [9.17, 15) is 9.50 Å². The van der Waals surface area contributed by atoms with Crippen LogP contribution in [0.5, 0.6) is 5.75 Å². The van der Waals surface area contributed by atoms with Gasteiger partial charge in [-0.15, -0.1) is 0 Å². The largest absolute Gasteiger partial charge is 0.508 e. The van der Waals surface area contributed by atoms with E-state index >= 15 is 0 Å². The van der Waals surface area contributed by atoms with E-state index in [4.69, 9.17) is 11.6 Å². The maximum atomic E-state index is 12.3. The van der Waals surface area contributed by atoms with Crippen LogP contribution in [0.3, 0.4) is 0 Å². The molecule has 0 bridgehead atoms. The number of halogens is 2. The highest BCUT2D eigenvalue weighted by atomic mass is 35.5. The molecule has 0 fully saturated rings. The third-order valence-corrected chi connectivity index (χ3v) is 2.40. The topological polar surface area (TPSA) is 20.2 Å². The quantitative estimate of drug-likeness (QED) is 0.779. The third-order valence-electron chi connectivity index (χ3n) is 2.08. The van der Waals surface area contributed by atoms with Crippen molar-refractivity contribution in [3.8, 4) is 5.75 Å². The van der Waals surface area contributed by atoms with Crippen LogP contribution < -0.4 is 0 Å². The molecule has 0 aliphatic carbocycles. The Morgan fingerprint density at radius 2 is 2.15 bits per heavy atom. The summed E-state index contributed by atoms with van der Waals surface area (Å²) in [5, 5.41) is 9.90. The molecule has 0 radical (unpaired) electrons. The van der Waals surface area contributed by atoms with Crippen molar-refractivity contribution in [2.45, 2.75) is 19.8 Å². The molecule has 0 aliphatic rings. The minimum absolute atomic E-state index is 0.166. The molecule has 0 amide bonds. The lowest BCUT2D eigenvalue weighted by Crippen LogP contribution is -1.96. The molecule has 1 unspecified atom stereocenters. The Balaban J connectivity index is 3.15. The standard InChI is InChI=1S/C10H12ClFO/c1-6-3-9(11)8(4-10(6)13)7(2)5-12/h3-4,7,13H,5H2,1-2H3. The predicted octanol–water partition coefficient (Wildman–Crippen LogP) is 3.43. The van der Waals surface area contributed by atoms with Crippen LogP contribution >= 0.6 is 11.6 Å². The summed E-state index contributed by atoms with van der Waals surface area (Å²) in [6.07, 6.45) is 0. The lowest BCUT2D eigenvalue weighted by molar-refractivity contribution is 0.442. The van der Waals surface area contributed by atoms with E-state index in [1.807, 2.05) is 0 Å². The summed E-state index contributed by atoms with van der Waals surface area (Å²) in [6.45, 7) is 3.02. The predicted molar refractivity (Wildman–Crippen MR) is 52.2 cm³/mol. The van der Waals surface area contributed by atoms with Crippen LogP contribution in [0.25, 0.3) is 0 Å². The van der Waals surface area contributed by atoms with Crippen LogP contribution in [0, 0.1) is 6.92 Å². The minimum atomic E-state index is -0.470. The fourth-order valence-electron chi connectivity index (χ4n) is 1.14. The van der Waals surface area contributed by atoms with Gasteiger partial charge in [-0.1, -0.05) is 18.5 Å². The van der Waals surface area contributed by atoms with E-state index in [2.05, 4.69) is 0 Å². The summed E-state index contributed by atoms with van der Waals surface area (Å²) in [5.74, 6) is -0.0984. The van der Waals surface area contributed by atoms with Crippen LogP contribution in [0.1, 0.15) is 24.0 Å². The first-order valence-electron chi connectivity index (χ1n) is 4.11. The summed E-state index contributed by atoms with van der Waals surface area (Å²) >= 11 is 5.90. The number of aromatic hydroxyl groups is 1. The van der Waals surface area contributed by atoms with Gasteiger partial charge in [0.25, 0.3) is 0 Å². The Labute approximate surface area is 82.2 Å². The van der Waals surface area contributed by atoms with Crippen LogP contribution in [-0.4, -0.2) is 11.8 Å². The van der Waals surface area contributed by atoms with Crippen molar-refractivity contribution in [3.63, 3.8) is 0 Å². The molecule has 0 saturated heterocycles. The van der Waals surface area contributed by atoms with E-state index in [1.54, 1.807) is 19.9 Å². The van der Waals surface area contributed by atoms with Crippen molar-refractivity contribution in [3.05, 3.63) is 28.3 Å². The maximum Gasteiger partial charge on any atom is 0.118 e. The summed E-state index contributed by atoms with van der Waals surface area (Å²) in [6, 6.07) is 3.18. The molecule has 1 N–H and O–H groups in total. The van der Waals surface area contributed by atoms with E-state index in [1.165, 1.54) is 6.07 Å². The highest BCUT2D eigenvalue weighted by Crippen LogP contribution is 2.30. The second kappa shape index (κ2) is 3.97. The number of alkyl halides is 1. The highest BCUT2D eigenvalue weighted by molar-refractivity contribution is 6.31.